The van der Waals surface area contributed by atoms with Crippen LogP contribution in [0.3, 0.4) is 0 Å². The minimum Gasteiger partial charge on any atom is -0.493 e. The van der Waals surface area contributed by atoms with Crippen molar-refractivity contribution in [2.45, 2.75) is 18.2 Å². The van der Waals surface area contributed by atoms with Gasteiger partial charge in [-0.05, 0) is 34.5 Å². The second-order valence-electron chi connectivity index (χ2n) is 3.43. The van der Waals surface area contributed by atoms with Gasteiger partial charge in [-0.2, -0.15) is 0 Å². The van der Waals surface area contributed by atoms with Gasteiger partial charge in [0.2, 0.25) is 0 Å². The molecule has 0 amide bonds. The van der Waals surface area contributed by atoms with Crippen molar-refractivity contribution in [3.8, 4) is 11.5 Å². The summed E-state index contributed by atoms with van der Waals surface area (Å²) in [4.78, 5) is 11.9. The van der Waals surface area contributed by atoms with E-state index in [0.29, 0.717) is 21.5 Å². The Kier molecular flexibility index (Phi) is 5.46. The quantitative estimate of drug-likeness (QED) is 0.587. The van der Waals surface area contributed by atoms with Crippen LogP contribution in [-0.4, -0.2) is 24.8 Å². The minimum absolute atomic E-state index is 0.0281. The van der Waals surface area contributed by atoms with Gasteiger partial charge >= 0.3 is 0 Å². The first kappa shape index (κ1) is 14.5. The SMILES string of the molecule is CCC(Br)C(=O)c1cc(OC)c(OC)cc1Br. The van der Waals surface area contributed by atoms with Crippen LogP contribution in [0.5, 0.6) is 11.5 Å². The van der Waals surface area contributed by atoms with Crippen LogP contribution in [0.1, 0.15) is 23.7 Å². The summed E-state index contributed by atoms with van der Waals surface area (Å²) in [6.45, 7) is 1.95. The zero-order chi connectivity index (χ0) is 13.0. The number of Topliss-reactive ketones (excluding diaryl/α,β-unsaturated/α-hetero) is 1. The molecule has 0 aromatic heterocycles. The molecular formula is C12H14Br2O3. The molecule has 0 saturated carbocycles. The summed E-state index contributed by atoms with van der Waals surface area (Å²) in [6.07, 6.45) is 0.736. The van der Waals surface area contributed by atoms with E-state index in [9.17, 15) is 4.79 Å². The smallest absolute Gasteiger partial charge is 0.177 e. The number of carbonyl (C=O) groups excluding carboxylic acids is 1. The van der Waals surface area contributed by atoms with E-state index in [1.54, 1.807) is 26.4 Å². The lowest BCUT2D eigenvalue weighted by atomic mass is 10.1. The lowest BCUT2D eigenvalue weighted by Gasteiger charge is -2.12. The molecule has 0 fully saturated rings. The van der Waals surface area contributed by atoms with E-state index < -0.39 is 0 Å². The summed E-state index contributed by atoms with van der Waals surface area (Å²) in [5, 5.41) is 0. The van der Waals surface area contributed by atoms with Crippen molar-refractivity contribution in [2.75, 3.05) is 14.2 Å². The minimum atomic E-state index is -0.183. The largest absolute Gasteiger partial charge is 0.493 e. The Bertz CT molecular complexity index is 418. The summed E-state index contributed by atoms with van der Waals surface area (Å²) < 4.78 is 11.0. The van der Waals surface area contributed by atoms with Crippen molar-refractivity contribution >= 4 is 37.6 Å². The van der Waals surface area contributed by atoms with Crippen LogP contribution in [-0.2, 0) is 0 Å². The highest BCUT2D eigenvalue weighted by molar-refractivity contribution is 9.10. The maximum Gasteiger partial charge on any atom is 0.177 e. The number of ether oxygens (including phenoxy) is 2. The highest BCUT2D eigenvalue weighted by Gasteiger charge is 2.20. The third kappa shape index (κ3) is 3.22. The Morgan fingerprint density at radius 2 is 1.82 bits per heavy atom. The number of hydrogen-bond acceptors (Lipinski definition) is 3. The molecule has 5 heteroatoms. The summed E-state index contributed by atoms with van der Waals surface area (Å²) in [5.74, 6) is 1.17. The van der Waals surface area contributed by atoms with Gasteiger partial charge in [0, 0.05) is 10.0 Å². The Hall–Kier alpha value is -0.550. The van der Waals surface area contributed by atoms with Gasteiger partial charge in [0.05, 0.1) is 19.0 Å². The molecule has 0 aliphatic carbocycles. The predicted molar refractivity (Wildman–Crippen MR) is 74.6 cm³/mol. The number of carbonyl (C=O) groups is 1. The van der Waals surface area contributed by atoms with E-state index in [2.05, 4.69) is 31.9 Å². The molecule has 0 aliphatic rings. The lowest BCUT2D eigenvalue weighted by molar-refractivity contribution is 0.0989. The zero-order valence-electron chi connectivity index (χ0n) is 9.92. The van der Waals surface area contributed by atoms with E-state index >= 15 is 0 Å². The maximum atomic E-state index is 12.1. The van der Waals surface area contributed by atoms with Crippen LogP contribution in [0.15, 0.2) is 16.6 Å². The topological polar surface area (TPSA) is 35.5 Å². The van der Waals surface area contributed by atoms with E-state index in [4.69, 9.17) is 9.47 Å². The van der Waals surface area contributed by atoms with E-state index in [0.717, 1.165) is 6.42 Å². The van der Waals surface area contributed by atoms with Gasteiger partial charge < -0.3 is 9.47 Å². The number of ketones is 1. The Morgan fingerprint density at radius 3 is 2.29 bits per heavy atom. The van der Waals surface area contributed by atoms with Crippen LogP contribution < -0.4 is 9.47 Å². The third-order valence-corrected chi connectivity index (χ3v) is 4.10. The highest BCUT2D eigenvalue weighted by Crippen LogP contribution is 2.34. The number of methoxy groups -OCH3 is 2. The Labute approximate surface area is 118 Å². The van der Waals surface area contributed by atoms with Crippen molar-refractivity contribution in [3.63, 3.8) is 0 Å². The van der Waals surface area contributed by atoms with Gasteiger partial charge in [-0.15, -0.1) is 0 Å². The van der Waals surface area contributed by atoms with Crippen LogP contribution >= 0.6 is 31.9 Å². The maximum absolute atomic E-state index is 12.1. The fourth-order valence-corrected chi connectivity index (χ4v) is 2.16. The van der Waals surface area contributed by atoms with Gasteiger partial charge in [-0.1, -0.05) is 22.9 Å². The number of alkyl halides is 1. The second-order valence-corrected chi connectivity index (χ2v) is 5.39. The Balaban J connectivity index is 3.21. The van der Waals surface area contributed by atoms with Gasteiger partial charge in [-0.3, -0.25) is 4.79 Å². The number of halogens is 2. The van der Waals surface area contributed by atoms with Crippen LogP contribution in [0.4, 0.5) is 0 Å². The fraction of sp³-hybridized carbons (Fsp3) is 0.417. The number of benzene rings is 1. The molecule has 1 unspecified atom stereocenters. The molecule has 0 heterocycles. The van der Waals surface area contributed by atoms with Gasteiger partial charge in [0.15, 0.2) is 17.3 Å². The molecule has 17 heavy (non-hydrogen) atoms. The molecule has 1 rings (SSSR count). The third-order valence-electron chi connectivity index (χ3n) is 2.38. The average Bonchev–Trinajstić information content (AvgIpc) is 2.36. The first-order chi connectivity index (χ1) is 8.04. The molecule has 1 atom stereocenters. The normalized spacial score (nSPS) is 12.1. The average molecular weight is 366 g/mol. The molecule has 0 aliphatic heterocycles. The molecule has 0 spiro atoms. The first-order valence-electron chi connectivity index (χ1n) is 5.14. The summed E-state index contributed by atoms with van der Waals surface area (Å²) in [5.41, 5.74) is 0.589. The molecule has 1 aromatic carbocycles. The van der Waals surface area contributed by atoms with E-state index in [1.807, 2.05) is 6.92 Å². The lowest BCUT2D eigenvalue weighted by Crippen LogP contribution is -2.13. The van der Waals surface area contributed by atoms with Crippen molar-refractivity contribution < 1.29 is 14.3 Å². The molecule has 0 radical (unpaired) electrons. The zero-order valence-corrected chi connectivity index (χ0v) is 13.1. The van der Waals surface area contributed by atoms with Crippen LogP contribution in [0.2, 0.25) is 0 Å². The van der Waals surface area contributed by atoms with Crippen molar-refractivity contribution in [1.82, 2.24) is 0 Å². The predicted octanol–water partition coefficient (Wildman–Crippen LogP) is 3.82. The molecule has 0 bridgehead atoms. The second kappa shape index (κ2) is 6.40. The summed E-state index contributed by atoms with van der Waals surface area (Å²) in [7, 11) is 3.11. The molecule has 0 N–H and O–H groups in total. The summed E-state index contributed by atoms with van der Waals surface area (Å²) in [6, 6.07) is 3.43. The Morgan fingerprint density at radius 1 is 1.29 bits per heavy atom. The van der Waals surface area contributed by atoms with E-state index in [1.165, 1.54) is 0 Å². The van der Waals surface area contributed by atoms with Crippen LogP contribution in [0, 0.1) is 0 Å². The van der Waals surface area contributed by atoms with E-state index in [-0.39, 0.29) is 10.6 Å². The fourth-order valence-electron chi connectivity index (χ4n) is 1.40. The molecule has 94 valence electrons. The van der Waals surface area contributed by atoms with Crippen molar-refractivity contribution in [3.05, 3.63) is 22.2 Å². The number of rotatable bonds is 5. The van der Waals surface area contributed by atoms with Gasteiger partial charge in [0.25, 0.3) is 0 Å². The molecule has 3 nitrogen and oxygen atoms in total. The standard InChI is InChI=1S/C12H14Br2O3/c1-4-8(13)12(15)7-5-10(16-2)11(17-3)6-9(7)14/h5-6,8H,4H2,1-3H3. The molecule has 0 saturated heterocycles. The van der Waals surface area contributed by atoms with Crippen LogP contribution in [0.25, 0.3) is 0 Å². The highest BCUT2D eigenvalue weighted by atomic mass is 79.9. The van der Waals surface area contributed by atoms with Gasteiger partial charge in [-0.25, -0.2) is 0 Å². The van der Waals surface area contributed by atoms with Crippen molar-refractivity contribution in [1.29, 1.82) is 0 Å². The molecule has 1 aromatic rings. The van der Waals surface area contributed by atoms with Gasteiger partial charge in [0.1, 0.15) is 0 Å². The molecular weight excluding hydrogens is 352 g/mol. The first-order valence-corrected chi connectivity index (χ1v) is 6.85. The number of hydrogen-bond donors (Lipinski definition) is 0. The van der Waals surface area contributed by atoms with Crippen molar-refractivity contribution in [2.24, 2.45) is 0 Å². The summed E-state index contributed by atoms with van der Waals surface area (Å²) >= 11 is 6.72. The monoisotopic (exact) mass is 364 g/mol.